The molecule has 2 rings (SSSR count). The predicted molar refractivity (Wildman–Crippen MR) is 75.5 cm³/mol. The van der Waals surface area contributed by atoms with Crippen molar-refractivity contribution in [3.63, 3.8) is 0 Å². The molecule has 1 aliphatic heterocycles. The average Bonchev–Trinajstić information content (AvgIpc) is 3.15. The molecule has 5 nitrogen and oxygen atoms in total. The van der Waals surface area contributed by atoms with Gasteiger partial charge >= 0.3 is 5.97 Å². The number of carbonyl (C=O) groups is 1. The number of rotatable bonds is 8. The van der Waals surface area contributed by atoms with Crippen LogP contribution in [0.2, 0.25) is 0 Å². The molecule has 2 atom stereocenters. The van der Waals surface area contributed by atoms with Crippen LogP contribution >= 0.6 is 0 Å². The third-order valence-corrected chi connectivity index (χ3v) is 4.08. The van der Waals surface area contributed by atoms with Gasteiger partial charge in [0.1, 0.15) is 5.54 Å². The molecule has 20 heavy (non-hydrogen) atoms. The number of nitrogens with one attached hydrogen (secondary N) is 1. The lowest BCUT2D eigenvalue weighted by molar-refractivity contribution is -0.153. The molecule has 2 fully saturated rings. The van der Waals surface area contributed by atoms with Crippen LogP contribution in [0.1, 0.15) is 33.1 Å². The van der Waals surface area contributed by atoms with Gasteiger partial charge < -0.3 is 14.2 Å². The first-order valence-corrected chi connectivity index (χ1v) is 7.60. The molecule has 0 bridgehead atoms. The number of esters is 1. The Balaban J connectivity index is 1.94. The summed E-state index contributed by atoms with van der Waals surface area (Å²) in [7, 11) is 1.45. The Morgan fingerprint density at radius 1 is 1.40 bits per heavy atom. The summed E-state index contributed by atoms with van der Waals surface area (Å²) in [5, 5.41) is 3.40. The zero-order valence-electron chi connectivity index (χ0n) is 12.8. The van der Waals surface area contributed by atoms with Crippen molar-refractivity contribution in [3.05, 3.63) is 0 Å². The lowest BCUT2D eigenvalue weighted by atomic mass is 9.93. The number of hydrogen-bond acceptors (Lipinski definition) is 5. The van der Waals surface area contributed by atoms with Crippen molar-refractivity contribution in [1.82, 2.24) is 5.32 Å². The van der Waals surface area contributed by atoms with Gasteiger partial charge in [0.2, 0.25) is 0 Å². The van der Waals surface area contributed by atoms with E-state index in [1.807, 2.05) is 13.8 Å². The van der Waals surface area contributed by atoms with E-state index in [1.165, 1.54) is 7.11 Å². The average molecular weight is 285 g/mol. The Hall–Kier alpha value is -0.650. The van der Waals surface area contributed by atoms with Gasteiger partial charge in [-0.25, -0.2) is 4.79 Å². The van der Waals surface area contributed by atoms with Crippen LogP contribution in [0.5, 0.6) is 0 Å². The maximum atomic E-state index is 12.3. The molecule has 1 aliphatic carbocycles. The summed E-state index contributed by atoms with van der Waals surface area (Å²) in [6.45, 7) is 6.73. The van der Waals surface area contributed by atoms with E-state index < -0.39 is 5.54 Å². The highest BCUT2D eigenvalue weighted by atomic mass is 16.5. The van der Waals surface area contributed by atoms with Crippen LogP contribution in [0.3, 0.4) is 0 Å². The summed E-state index contributed by atoms with van der Waals surface area (Å²) in [6.07, 6.45) is 3.17. The second-order valence-corrected chi connectivity index (χ2v) is 6.28. The molecule has 1 heterocycles. The Bertz CT molecular complexity index is 324. The largest absolute Gasteiger partial charge is 0.468 e. The molecule has 2 aliphatic rings. The third-order valence-electron chi connectivity index (χ3n) is 4.08. The lowest BCUT2D eigenvalue weighted by Crippen LogP contribution is -2.60. The number of methoxy groups -OCH3 is 1. The summed E-state index contributed by atoms with van der Waals surface area (Å²) in [5.74, 6) is 0.595. The zero-order valence-corrected chi connectivity index (χ0v) is 12.8. The Morgan fingerprint density at radius 3 is 2.65 bits per heavy atom. The predicted octanol–water partition coefficient (Wildman–Crippen LogP) is 1.36. The van der Waals surface area contributed by atoms with Crippen molar-refractivity contribution in [2.75, 3.05) is 33.5 Å². The summed E-state index contributed by atoms with van der Waals surface area (Å²) < 4.78 is 16.2. The maximum Gasteiger partial charge on any atom is 0.328 e. The molecular formula is C15H27NO4. The van der Waals surface area contributed by atoms with E-state index in [1.54, 1.807) is 0 Å². The first-order chi connectivity index (χ1) is 9.58. The second kappa shape index (κ2) is 6.87. The van der Waals surface area contributed by atoms with Gasteiger partial charge in [0, 0.05) is 18.6 Å². The fourth-order valence-electron chi connectivity index (χ4n) is 2.94. The standard InChI is InChI=1S/C15H27NO4/c1-11(2)16-15(13-4-5-13,14(17)18-3)10-20-9-12-6-7-19-8-12/h11-13,16H,4-10H2,1-3H3. The third kappa shape index (κ3) is 3.71. The molecule has 2 unspecified atom stereocenters. The highest BCUT2D eigenvalue weighted by molar-refractivity contribution is 5.82. The molecule has 0 spiro atoms. The summed E-state index contributed by atoms with van der Waals surface area (Å²) >= 11 is 0. The molecule has 5 heteroatoms. The van der Waals surface area contributed by atoms with Crippen molar-refractivity contribution in [2.45, 2.75) is 44.7 Å². The van der Waals surface area contributed by atoms with Crippen molar-refractivity contribution in [3.8, 4) is 0 Å². The summed E-state index contributed by atoms with van der Waals surface area (Å²) in [5.41, 5.74) is -0.678. The van der Waals surface area contributed by atoms with Crippen molar-refractivity contribution < 1.29 is 19.0 Å². The quantitative estimate of drug-likeness (QED) is 0.682. The van der Waals surface area contributed by atoms with Crippen LogP contribution in [0.4, 0.5) is 0 Å². The van der Waals surface area contributed by atoms with Crippen molar-refractivity contribution in [2.24, 2.45) is 11.8 Å². The van der Waals surface area contributed by atoms with Gasteiger partial charge in [-0.3, -0.25) is 5.32 Å². The van der Waals surface area contributed by atoms with Gasteiger partial charge in [-0.2, -0.15) is 0 Å². The maximum absolute atomic E-state index is 12.3. The van der Waals surface area contributed by atoms with Gasteiger partial charge in [0.05, 0.1) is 26.9 Å². The normalized spacial score (nSPS) is 25.7. The molecule has 116 valence electrons. The molecule has 0 amide bonds. The molecule has 0 radical (unpaired) electrons. The van der Waals surface area contributed by atoms with E-state index >= 15 is 0 Å². The topological polar surface area (TPSA) is 56.8 Å². The van der Waals surface area contributed by atoms with E-state index in [9.17, 15) is 4.79 Å². The van der Waals surface area contributed by atoms with Gasteiger partial charge in [0.25, 0.3) is 0 Å². The Labute approximate surface area is 121 Å². The number of hydrogen-bond donors (Lipinski definition) is 1. The van der Waals surface area contributed by atoms with E-state index in [0.717, 1.165) is 32.5 Å². The molecular weight excluding hydrogens is 258 g/mol. The van der Waals surface area contributed by atoms with Gasteiger partial charge in [0.15, 0.2) is 0 Å². The highest BCUT2D eigenvalue weighted by Crippen LogP contribution is 2.41. The minimum absolute atomic E-state index is 0.198. The molecule has 1 N–H and O–H groups in total. The molecule has 1 saturated heterocycles. The zero-order chi connectivity index (χ0) is 14.6. The first kappa shape index (κ1) is 15.7. The smallest absolute Gasteiger partial charge is 0.328 e. The fourth-order valence-corrected chi connectivity index (χ4v) is 2.94. The van der Waals surface area contributed by atoms with Gasteiger partial charge in [-0.05, 0) is 39.0 Å². The first-order valence-electron chi connectivity index (χ1n) is 7.60. The van der Waals surface area contributed by atoms with E-state index in [2.05, 4.69) is 5.32 Å². The van der Waals surface area contributed by atoms with E-state index in [-0.39, 0.29) is 12.0 Å². The number of ether oxygens (including phenoxy) is 3. The van der Waals surface area contributed by atoms with E-state index in [4.69, 9.17) is 14.2 Å². The highest BCUT2D eigenvalue weighted by Gasteiger charge is 2.52. The van der Waals surface area contributed by atoms with Gasteiger partial charge in [-0.1, -0.05) is 0 Å². The van der Waals surface area contributed by atoms with Crippen LogP contribution in [0.25, 0.3) is 0 Å². The van der Waals surface area contributed by atoms with Crippen molar-refractivity contribution >= 4 is 5.97 Å². The Morgan fingerprint density at radius 2 is 2.15 bits per heavy atom. The molecule has 0 aromatic heterocycles. The second-order valence-electron chi connectivity index (χ2n) is 6.28. The van der Waals surface area contributed by atoms with Crippen LogP contribution in [0, 0.1) is 11.8 Å². The molecule has 0 aromatic carbocycles. The SMILES string of the molecule is COC(=O)C(COCC1CCOC1)(NC(C)C)C1CC1. The minimum Gasteiger partial charge on any atom is -0.468 e. The molecule has 1 saturated carbocycles. The lowest BCUT2D eigenvalue weighted by Gasteiger charge is -2.34. The molecule has 0 aromatic rings. The minimum atomic E-state index is -0.678. The van der Waals surface area contributed by atoms with Crippen molar-refractivity contribution in [1.29, 1.82) is 0 Å². The van der Waals surface area contributed by atoms with Crippen LogP contribution in [-0.4, -0.2) is 51.1 Å². The van der Waals surface area contributed by atoms with Crippen LogP contribution < -0.4 is 5.32 Å². The summed E-state index contributed by atoms with van der Waals surface area (Å²) in [4.78, 5) is 12.3. The fraction of sp³-hybridized carbons (Fsp3) is 0.933. The van der Waals surface area contributed by atoms with Gasteiger partial charge in [-0.15, -0.1) is 0 Å². The number of carbonyl (C=O) groups excluding carboxylic acids is 1. The van der Waals surface area contributed by atoms with Crippen LogP contribution in [-0.2, 0) is 19.0 Å². The summed E-state index contributed by atoms with van der Waals surface area (Å²) in [6, 6.07) is 0.216. The van der Waals surface area contributed by atoms with E-state index in [0.29, 0.717) is 25.0 Å². The monoisotopic (exact) mass is 285 g/mol. The Kier molecular flexibility index (Phi) is 5.41. The van der Waals surface area contributed by atoms with Crippen LogP contribution in [0.15, 0.2) is 0 Å².